The Morgan fingerprint density at radius 1 is 1.15 bits per heavy atom. The Bertz CT molecular complexity index is 925. The van der Waals surface area contributed by atoms with Crippen molar-refractivity contribution in [1.29, 1.82) is 0 Å². The van der Waals surface area contributed by atoms with Crippen molar-refractivity contribution in [3.8, 4) is 11.5 Å². The van der Waals surface area contributed by atoms with Crippen molar-refractivity contribution in [3.05, 3.63) is 54.1 Å². The zero-order valence-corrected chi connectivity index (χ0v) is 16.2. The second-order valence-corrected chi connectivity index (χ2v) is 8.56. The van der Waals surface area contributed by atoms with Crippen LogP contribution in [-0.4, -0.2) is 51.3 Å². The Balaban J connectivity index is 1.77. The van der Waals surface area contributed by atoms with Gasteiger partial charge in [-0.25, -0.2) is 8.42 Å². The number of carbonyl (C=O) groups excluding carboxylic acids is 1. The van der Waals surface area contributed by atoms with E-state index in [4.69, 9.17) is 9.47 Å². The maximum absolute atomic E-state index is 13.0. The van der Waals surface area contributed by atoms with Crippen molar-refractivity contribution >= 4 is 15.7 Å². The predicted octanol–water partition coefficient (Wildman–Crippen LogP) is 2.78. The largest absolute Gasteiger partial charge is 0.486 e. The van der Waals surface area contributed by atoms with E-state index in [0.717, 1.165) is 12.7 Å². The minimum atomic E-state index is -3.37. The lowest BCUT2D eigenvalue weighted by Gasteiger charge is -2.31. The van der Waals surface area contributed by atoms with Gasteiger partial charge >= 0.3 is 0 Å². The van der Waals surface area contributed by atoms with Crippen molar-refractivity contribution in [3.63, 3.8) is 0 Å². The SMILES string of the molecule is CCCN(C[C@@H]1COc2ccccc2O1)C(=O)c1cccc(S(C)(=O)=O)c1. The highest BCUT2D eigenvalue weighted by atomic mass is 32.2. The van der Waals surface area contributed by atoms with Gasteiger partial charge in [0.05, 0.1) is 11.4 Å². The molecule has 1 amide bonds. The lowest BCUT2D eigenvalue weighted by molar-refractivity contribution is 0.0462. The third kappa shape index (κ3) is 4.60. The Morgan fingerprint density at radius 2 is 1.89 bits per heavy atom. The van der Waals surface area contributed by atoms with Crippen molar-refractivity contribution < 1.29 is 22.7 Å². The molecule has 1 aliphatic rings. The molecule has 0 saturated carbocycles. The van der Waals surface area contributed by atoms with Crippen LogP contribution in [0.3, 0.4) is 0 Å². The number of carbonyl (C=O) groups is 1. The maximum atomic E-state index is 13.0. The molecule has 0 aromatic heterocycles. The van der Waals surface area contributed by atoms with Crippen LogP contribution >= 0.6 is 0 Å². The smallest absolute Gasteiger partial charge is 0.254 e. The van der Waals surface area contributed by atoms with Gasteiger partial charge in [-0.2, -0.15) is 0 Å². The highest BCUT2D eigenvalue weighted by molar-refractivity contribution is 7.90. The van der Waals surface area contributed by atoms with Crippen LogP contribution in [0.5, 0.6) is 11.5 Å². The number of para-hydroxylation sites is 2. The molecule has 0 aliphatic carbocycles. The number of rotatable bonds is 6. The average Bonchev–Trinajstić information content (AvgIpc) is 2.66. The molecule has 1 aliphatic heterocycles. The molecule has 0 N–H and O–H groups in total. The normalized spacial score (nSPS) is 16.0. The fraction of sp³-hybridized carbons (Fsp3) is 0.350. The number of hydrogen-bond acceptors (Lipinski definition) is 5. The standard InChI is InChI=1S/C20H23NO5S/c1-3-11-21(13-16-14-25-18-9-4-5-10-19(18)26-16)20(22)15-7-6-8-17(12-15)27(2,23)24/h4-10,12,16H,3,11,13-14H2,1-2H3/t16-/m1/s1. The summed E-state index contributed by atoms with van der Waals surface area (Å²) < 4.78 is 35.2. The maximum Gasteiger partial charge on any atom is 0.254 e. The monoisotopic (exact) mass is 389 g/mol. The molecule has 7 heteroatoms. The molecular weight excluding hydrogens is 366 g/mol. The van der Waals surface area contributed by atoms with Gasteiger partial charge in [0.1, 0.15) is 6.61 Å². The van der Waals surface area contributed by atoms with Crippen molar-refractivity contribution in [2.45, 2.75) is 24.3 Å². The highest BCUT2D eigenvalue weighted by Crippen LogP contribution is 2.31. The van der Waals surface area contributed by atoms with Crippen LogP contribution in [0.25, 0.3) is 0 Å². The van der Waals surface area contributed by atoms with Gasteiger partial charge in [-0.1, -0.05) is 25.1 Å². The summed E-state index contributed by atoms with van der Waals surface area (Å²) in [6.45, 7) is 3.25. The number of amides is 1. The first-order chi connectivity index (χ1) is 12.9. The lowest BCUT2D eigenvalue weighted by atomic mass is 10.1. The van der Waals surface area contributed by atoms with Crippen molar-refractivity contribution in [2.24, 2.45) is 0 Å². The zero-order valence-electron chi connectivity index (χ0n) is 15.4. The Labute approximate surface area is 159 Å². The number of ether oxygens (including phenoxy) is 2. The molecule has 0 saturated heterocycles. The summed E-state index contributed by atoms with van der Waals surface area (Å²) in [6, 6.07) is 13.6. The number of sulfone groups is 1. The third-order valence-corrected chi connectivity index (χ3v) is 5.39. The van der Waals surface area contributed by atoms with E-state index in [1.165, 1.54) is 12.1 Å². The zero-order chi connectivity index (χ0) is 19.4. The molecule has 0 unspecified atom stereocenters. The van der Waals surface area contributed by atoms with E-state index in [9.17, 15) is 13.2 Å². The van der Waals surface area contributed by atoms with E-state index in [-0.39, 0.29) is 16.9 Å². The lowest BCUT2D eigenvalue weighted by Crippen LogP contribution is -2.44. The van der Waals surface area contributed by atoms with Gasteiger partial charge in [-0.3, -0.25) is 4.79 Å². The molecule has 0 spiro atoms. The van der Waals surface area contributed by atoms with E-state index in [1.54, 1.807) is 17.0 Å². The fourth-order valence-corrected chi connectivity index (χ4v) is 3.65. The van der Waals surface area contributed by atoms with Gasteiger partial charge in [0, 0.05) is 18.4 Å². The summed E-state index contributed by atoms with van der Waals surface area (Å²) in [7, 11) is -3.37. The van der Waals surface area contributed by atoms with Gasteiger partial charge in [0.15, 0.2) is 27.4 Å². The Hall–Kier alpha value is -2.54. The number of nitrogens with zero attached hydrogens (tertiary/aromatic N) is 1. The predicted molar refractivity (Wildman–Crippen MR) is 102 cm³/mol. The number of hydrogen-bond donors (Lipinski definition) is 0. The second kappa shape index (κ2) is 8.00. The van der Waals surface area contributed by atoms with E-state index in [2.05, 4.69) is 0 Å². The summed E-state index contributed by atoms with van der Waals surface area (Å²) in [5.41, 5.74) is 0.350. The Kier molecular flexibility index (Phi) is 5.70. The molecule has 27 heavy (non-hydrogen) atoms. The van der Waals surface area contributed by atoms with Crippen LogP contribution in [0.15, 0.2) is 53.4 Å². The molecule has 2 aromatic rings. The van der Waals surface area contributed by atoms with E-state index in [0.29, 0.717) is 36.8 Å². The molecule has 1 atom stereocenters. The summed E-state index contributed by atoms with van der Waals surface area (Å²) in [6.07, 6.45) is 1.63. The van der Waals surface area contributed by atoms with Crippen LogP contribution in [0.2, 0.25) is 0 Å². The Morgan fingerprint density at radius 3 is 2.59 bits per heavy atom. The molecule has 0 fully saturated rings. The van der Waals surface area contributed by atoms with Crippen LogP contribution in [0.1, 0.15) is 23.7 Å². The van der Waals surface area contributed by atoms with Gasteiger partial charge in [0.2, 0.25) is 0 Å². The molecule has 3 rings (SSSR count). The summed E-state index contributed by atoms with van der Waals surface area (Å²) in [5, 5.41) is 0. The minimum Gasteiger partial charge on any atom is -0.486 e. The topological polar surface area (TPSA) is 72.9 Å². The molecule has 0 bridgehead atoms. The molecule has 144 valence electrons. The summed E-state index contributed by atoms with van der Waals surface area (Å²) >= 11 is 0. The van der Waals surface area contributed by atoms with Crippen LogP contribution in [0.4, 0.5) is 0 Å². The first kappa shape index (κ1) is 19.2. The quantitative estimate of drug-likeness (QED) is 0.760. The number of benzene rings is 2. The molecule has 0 radical (unpaired) electrons. The van der Waals surface area contributed by atoms with Crippen molar-refractivity contribution in [1.82, 2.24) is 4.90 Å². The van der Waals surface area contributed by atoms with Crippen LogP contribution in [0, 0.1) is 0 Å². The molecule has 1 heterocycles. The van der Waals surface area contributed by atoms with Crippen molar-refractivity contribution in [2.75, 3.05) is 26.0 Å². The second-order valence-electron chi connectivity index (χ2n) is 6.55. The van der Waals surface area contributed by atoms with Gasteiger partial charge in [-0.05, 0) is 36.8 Å². The van der Waals surface area contributed by atoms with E-state index >= 15 is 0 Å². The van der Waals surface area contributed by atoms with Gasteiger partial charge in [-0.15, -0.1) is 0 Å². The van der Waals surface area contributed by atoms with E-state index in [1.807, 2.05) is 31.2 Å². The summed E-state index contributed by atoms with van der Waals surface area (Å²) in [4.78, 5) is 14.8. The molecule has 6 nitrogen and oxygen atoms in total. The highest BCUT2D eigenvalue weighted by Gasteiger charge is 2.26. The van der Waals surface area contributed by atoms with Gasteiger partial charge < -0.3 is 14.4 Å². The van der Waals surface area contributed by atoms with Gasteiger partial charge in [0.25, 0.3) is 5.91 Å². The van der Waals surface area contributed by atoms with Crippen LogP contribution < -0.4 is 9.47 Å². The molecule has 2 aromatic carbocycles. The first-order valence-corrected chi connectivity index (χ1v) is 10.8. The van der Waals surface area contributed by atoms with E-state index < -0.39 is 9.84 Å². The minimum absolute atomic E-state index is 0.135. The average molecular weight is 389 g/mol. The third-order valence-electron chi connectivity index (χ3n) is 4.28. The number of fused-ring (bicyclic) bond motifs is 1. The van der Waals surface area contributed by atoms with Crippen LogP contribution in [-0.2, 0) is 9.84 Å². The fourth-order valence-electron chi connectivity index (χ4n) is 2.99. The molecular formula is C20H23NO5S. The first-order valence-electron chi connectivity index (χ1n) is 8.86. The summed E-state index contributed by atoms with van der Waals surface area (Å²) in [5.74, 6) is 1.14.